The van der Waals surface area contributed by atoms with Crippen molar-refractivity contribution >= 4 is 6.09 Å². The summed E-state index contributed by atoms with van der Waals surface area (Å²) in [5, 5.41) is 0. The van der Waals surface area contributed by atoms with Crippen molar-refractivity contribution in [2.75, 3.05) is 27.2 Å². The van der Waals surface area contributed by atoms with Crippen molar-refractivity contribution in [1.29, 1.82) is 0 Å². The molecule has 0 aromatic carbocycles. The lowest BCUT2D eigenvalue weighted by Crippen LogP contribution is -2.45. The maximum Gasteiger partial charge on any atom is 0.410 e. The van der Waals surface area contributed by atoms with Crippen molar-refractivity contribution in [2.45, 2.75) is 45.3 Å². The zero-order chi connectivity index (χ0) is 12.1. The first kappa shape index (κ1) is 13.3. The number of carbonyl (C=O) groups is 1. The van der Waals surface area contributed by atoms with Gasteiger partial charge in [0.1, 0.15) is 6.10 Å². The largest absolute Gasteiger partial charge is 0.446 e. The van der Waals surface area contributed by atoms with E-state index in [0.717, 1.165) is 32.4 Å². The van der Waals surface area contributed by atoms with Gasteiger partial charge in [0.15, 0.2) is 0 Å². The molecule has 0 aromatic heterocycles. The van der Waals surface area contributed by atoms with Crippen molar-refractivity contribution in [2.24, 2.45) is 0 Å². The molecule has 1 fully saturated rings. The van der Waals surface area contributed by atoms with Crippen LogP contribution in [-0.2, 0) is 4.74 Å². The van der Waals surface area contributed by atoms with Gasteiger partial charge in [-0.1, -0.05) is 6.92 Å². The minimum absolute atomic E-state index is 0.0269. The van der Waals surface area contributed by atoms with E-state index in [-0.39, 0.29) is 12.2 Å². The molecule has 1 saturated heterocycles. The van der Waals surface area contributed by atoms with E-state index in [1.165, 1.54) is 0 Å². The molecule has 4 heteroatoms. The number of piperidine rings is 1. The smallest absolute Gasteiger partial charge is 0.410 e. The molecule has 1 amide bonds. The second-order valence-electron chi connectivity index (χ2n) is 4.78. The second kappa shape index (κ2) is 6.09. The van der Waals surface area contributed by atoms with Gasteiger partial charge in [0.05, 0.1) is 0 Å². The number of amides is 1. The molecule has 1 rings (SSSR count). The van der Waals surface area contributed by atoms with Crippen LogP contribution in [0.5, 0.6) is 0 Å². The van der Waals surface area contributed by atoms with Crippen LogP contribution >= 0.6 is 0 Å². The summed E-state index contributed by atoms with van der Waals surface area (Å²) in [6, 6.07) is 0.604. The zero-order valence-electron chi connectivity index (χ0n) is 10.9. The van der Waals surface area contributed by atoms with Crippen molar-refractivity contribution in [3.63, 3.8) is 0 Å². The summed E-state index contributed by atoms with van der Waals surface area (Å²) < 4.78 is 5.31. The third-order valence-electron chi connectivity index (χ3n) is 3.33. The molecule has 0 N–H and O–H groups in total. The minimum Gasteiger partial charge on any atom is -0.446 e. The predicted octanol–water partition coefficient (Wildman–Crippen LogP) is 1.95. The Morgan fingerprint density at radius 3 is 2.44 bits per heavy atom. The number of ether oxygens (including phenoxy) is 1. The molecule has 4 nitrogen and oxygen atoms in total. The summed E-state index contributed by atoms with van der Waals surface area (Å²) in [5.41, 5.74) is 0. The van der Waals surface area contributed by atoms with E-state index in [9.17, 15) is 4.79 Å². The predicted molar refractivity (Wildman–Crippen MR) is 64.5 cm³/mol. The minimum atomic E-state index is -0.147. The molecule has 0 saturated carbocycles. The standard InChI is InChI=1S/C12H24N2O2/c1-5-10(2)16-12(15)14-8-6-11(7-9-14)13(3)4/h10-11H,5-9H2,1-4H3. The highest BCUT2D eigenvalue weighted by Crippen LogP contribution is 2.15. The number of rotatable bonds is 3. The zero-order valence-corrected chi connectivity index (χ0v) is 10.9. The summed E-state index contributed by atoms with van der Waals surface area (Å²) in [7, 11) is 4.19. The molecule has 1 heterocycles. The first-order chi connectivity index (χ1) is 7.54. The van der Waals surface area contributed by atoms with Crippen molar-refractivity contribution < 1.29 is 9.53 Å². The maximum atomic E-state index is 11.7. The summed E-state index contributed by atoms with van der Waals surface area (Å²) in [4.78, 5) is 15.8. The van der Waals surface area contributed by atoms with Crippen LogP contribution in [0.4, 0.5) is 4.79 Å². The van der Waals surface area contributed by atoms with Crippen LogP contribution in [-0.4, -0.2) is 55.2 Å². The Labute approximate surface area is 98.5 Å². The van der Waals surface area contributed by atoms with Gasteiger partial charge in [-0.25, -0.2) is 4.79 Å². The van der Waals surface area contributed by atoms with Crippen LogP contribution in [0.15, 0.2) is 0 Å². The SMILES string of the molecule is CCC(C)OC(=O)N1CCC(N(C)C)CC1. The first-order valence-electron chi connectivity index (χ1n) is 6.16. The maximum absolute atomic E-state index is 11.7. The van der Waals surface area contributed by atoms with Gasteiger partial charge in [-0.05, 0) is 40.3 Å². The van der Waals surface area contributed by atoms with Gasteiger partial charge < -0.3 is 14.5 Å². The Hall–Kier alpha value is -0.770. The Morgan fingerprint density at radius 1 is 1.44 bits per heavy atom. The van der Waals surface area contributed by atoms with Crippen LogP contribution in [0, 0.1) is 0 Å². The molecule has 0 bridgehead atoms. The third kappa shape index (κ3) is 3.67. The highest BCUT2D eigenvalue weighted by molar-refractivity contribution is 5.67. The number of carbonyl (C=O) groups excluding carboxylic acids is 1. The van der Waals surface area contributed by atoms with Gasteiger partial charge >= 0.3 is 6.09 Å². The molecule has 1 aliphatic heterocycles. The normalized spacial score (nSPS) is 19.9. The van der Waals surface area contributed by atoms with E-state index < -0.39 is 0 Å². The molecular weight excluding hydrogens is 204 g/mol. The van der Waals surface area contributed by atoms with Crippen LogP contribution in [0.25, 0.3) is 0 Å². The van der Waals surface area contributed by atoms with Crippen molar-refractivity contribution in [1.82, 2.24) is 9.80 Å². The van der Waals surface area contributed by atoms with Gasteiger partial charge in [0, 0.05) is 19.1 Å². The number of hydrogen-bond acceptors (Lipinski definition) is 3. The van der Waals surface area contributed by atoms with Crippen molar-refractivity contribution in [3.05, 3.63) is 0 Å². The number of hydrogen-bond donors (Lipinski definition) is 0. The lowest BCUT2D eigenvalue weighted by atomic mass is 10.0. The van der Waals surface area contributed by atoms with E-state index >= 15 is 0 Å². The topological polar surface area (TPSA) is 32.8 Å². The van der Waals surface area contributed by atoms with Gasteiger partial charge in [0.25, 0.3) is 0 Å². The number of nitrogens with zero attached hydrogens (tertiary/aromatic N) is 2. The van der Waals surface area contributed by atoms with E-state index in [0.29, 0.717) is 6.04 Å². The third-order valence-corrected chi connectivity index (χ3v) is 3.33. The molecule has 94 valence electrons. The van der Waals surface area contributed by atoms with Crippen LogP contribution in [0.2, 0.25) is 0 Å². The van der Waals surface area contributed by atoms with Gasteiger partial charge in [-0.2, -0.15) is 0 Å². The molecule has 1 atom stereocenters. The fraction of sp³-hybridized carbons (Fsp3) is 0.917. The molecule has 16 heavy (non-hydrogen) atoms. The van der Waals surface area contributed by atoms with Crippen molar-refractivity contribution in [3.8, 4) is 0 Å². The van der Waals surface area contributed by atoms with E-state index in [1.54, 1.807) is 0 Å². The summed E-state index contributed by atoms with van der Waals surface area (Å²) in [6.07, 6.45) is 2.84. The molecular formula is C12H24N2O2. The Bertz CT molecular complexity index is 223. The molecule has 1 aliphatic rings. The second-order valence-corrected chi connectivity index (χ2v) is 4.78. The first-order valence-corrected chi connectivity index (χ1v) is 6.16. The summed E-state index contributed by atoms with van der Waals surface area (Å²) in [6.45, 7) is 5.59. The number of likely N-dealkylation sites (tertiary alicyclic amines) is 1. The summed E-state index contributed by atoms with van der Waals surface area (Å²) in [5.74, 6) is 0. The van der Waals surface area contributed by atoms with Crippen LogP contribution in [0.3, 0.4) is 0 Å². The van der Waals surface area contributed by atoms with Gasteiger partial charge in [-0.15, -0.1) is 0 Å². The lowest BCUT2D eigenvalue weighted by molar-refractivity contribution is 0.0543. The molecule has 0 radical (unpaired) electrons. The quantitative estimate of drug-likeness (QED) is 0.740. The Kier molecular flexibility index (Phi) is 5.06. The van der Waals surface area contributed by atoms with E-state index in [2.05, 4.69) is 19.0 Å². The molecule has 0 aromatic rings. The highest BCUT2D eigenvalue weighted by Gasteiger charge is 2.25. The van der Waals surface area contributed by atoms with E-state index in [1.807, 2.05) is 18.7 Å². The monoisotopic (exact) mass is 228 g/mol. The molecule has 1 unspecified atom stereocenters. The fourth-order valence-electron chi connectivity index (χ4n) is 1.89. The van der Waals surface area contributed by atoms with E-state index in [4.69, 9.17) is 4.74 Å². The Morgan fingerprint density at radius 2 is 2.00 bits per heavy atom. The van der Waals surface area contributed by atoms with Crippen LogP contribution in [0.1, 0.15) is 33.1 Å². The average Bonchev–Trinajstić information content (AvgIpc) is 2.28. The highest BCUT2D eigenvalue weighted by atomic mass is 16.6. The Balaban J connectivity index is 2.33. The molecule has 0 spiro atoms. The average molecular weight is 228 g/mol. The lowest BCUT2D eigenvalue weighted by Gasteiger charge is -2.35. The fourth-order valence-corrected chi connectivity index (χ4v) is 1.89. The van der Waals surface area contributed by atoms with Gasteiger partial charge in [-0.3, -0.25) is 0 Å². The molecule has 0 aliphatic carbocycles. The van der Waals surface area contributed by atoms with Gasteiger partial charge in [0.2, 0.25) is 0 Å². The van der Waals surface area contributed by atoms with Crippen LogP contribution < -0.4 is 0 Å². The summed E-state index contributed by atoms with van der Waals surface area (Å²) >= 11 is 0.